The molecule has 1 amide bonds. The summed E-state index contributed by atoms with van der Waals surface area (Å²) in [5, 5.41) is 4.06. The van der Waals surface area contributed by atoms with E-state index in [9.17, 15) is 4.79 Å². The van der Waals surface area contributed by atoms with E-state index in [0.29, 0.717) is 11.5 Å². The van der Waals surface area contributed by atoms with E-state index in [1.54, 1.807) is 12.3 Å². The number of para-hydroxylation sites is 2. The highest BCUT2D eigenvalue weighted by molar-refractivity contribution is 5.85. The van der Waals surface area contributed by atoms with Gasteiger partial charge in [0.15, 0.2) is 11.5 Å². The Morgan fingerprint density at radius 3 is 2.46 bits per heavy atom. The van der Waals surface area contributed by atoms with Crippen LogP contribution < -0.4 is 19.8 Å². The molecule has 2 heterocycles. The molecule has 4 rings (SSSR count). The molecule has 2 aromatic carbocycles. The van der Waals surface area contributed by atoms with Gasteiger partial charge in [0.25, 0.3) is 5.91 Å². The zero-order valence-corrected chi connectivity index (χ0v) is 15.8. The largest absolute Gasteiger partial charge is 0.485 e. The zero-order chi connectivity index (χ0) is 19.2. The molecule has 0 radical (unpaired) electrons. The summed E-state index contributed by atoms with van der Waals surface area (Å²) in [6.45, 7) is 2.41. The van der Waals surface area contributed by atoms with E-state index in [4.69, 9.17) is 9.47 Å². The monoisotopic (exact) mass is 379 g/mol. The van der Waals surface area contributed by atoms with Crippen LogP contribution in [0.25, 0.3) is 0 Å². The molecule has 1 atom stereocenters. The van der Waals surface area contributed by atoms with Gasteiger partial charge in [-0.25, -0.2) is 5.43 Å². The molecule has 0 bridgehead atoms. The van der Waals surface area contributed by atoms with Crippen LogP contribution in [0.2, 0.25) is 0 Å². The predicted molar refractivity (Wildman–Crippen MR) is 109 cm³/mol. The maximum absolute atomic E-state index is 12.3. The number of fused-ring (bicyclic) bond motifs is 1. The first-order valence-electron chi connectivity index (χ1n) is 9.86. The summed E-state index contributed by atoms with van der Waals surface area (Å²) in [7, 11) is 0. The highest BCUT2D eigenvalue weighted by Crippen LogP contribution is 2.30. The average molecular weight is 379 g/mol. The Morgan fingerprint density at radius 1 is 1.00 bits per heavy atom. The molecular formula is C22H25N3O3. The quantitative estimate of drug-likeness (QED) is 0.654. The second kappa shape index (κ2) is 8.78. The number of ether oxygens (including phenoxy) is 2. The minimum atomic E-state index is -0.711. The van der Waals surface area contributed by atoms with Crippen LogP contribution in [0.3, 0.4) is 0 Å². The number of rotatable bonds is 4. The molecule has 0 aromatic heterocycles. The number of nitrogens with zero attached hydrogens (tertiary/aromatic N) is 2. The topological polar surface area (TPSA) is 63.2 Å². The van der Waals surface area contributed by atoms with Crippen molar-refractivity contribution >= 4 is 17.8 Å². The van der Waals surface area contributed by atoms with Gasteiger partial charge in [0.2, 0.25) is 6.10 Å². The Morgan fingerprint density at radius 2 is 1.71 bits per heavy atom. The van der Waals surface area contributed by atoms with Crippen molar-refractivity contribution in [3.8, 4) is 11.5 Å². The molecule has 0 aliphatic carbocycles. The number of hydrogen-bond acceptors (Lipinski definition) is 5. The van der Waals surface area contributed by atoms with Gasteiger partial charge < -0.3 is 14.4 Å². The molecule has 2 aromatic rings. The third-order valence-corrected chi connectivity index (χ3v) is 5.05. The number of amides is 1. The zero-order valence-electron chi connectivity index (χ0n) is 15.8. The summed E-state index contributed by atoms with van der Waals surface area (Å²) in [6, 6.07) is 15.6. The van der Waals surface area contributed by atoms with Crippen molar-refractivity contribution in [2.24, 2.45) is 5.10 Å². The molecule has 2 aliphatic rings. The third kappa shape index (κ3) is 4.44. The number of hydrazone groups is 1. The summed E-state index contributed by atoms with van der Waals surface area (Å²) in [5.74, 6) is 0.897. The maximum atomic E-state index is 12.3. The van der Waals surface area contributed by atoms with Gasteiger partial charge in [0.1, 0.15) is 6.61 Å². The average Bonchev–Trinajstić information content (AvgIpc) is 3.03. The van der Waals surface area contributed by atoms with Crippen LogP contribution in [0, 0.1) is 0 Å². The van der Waals surface area contributed by atoms with Crippen LogP contribution in [0.15, 0.2) is 53.6 Å². The maximum Gasteiger partial charge on any atom is 0.284 e. The molecule has 6 nitrogen and oxygen atoms in total. The lowest BCUT2D eigenvalue weighted by Crippen LogP contribution is -2.42. The smallest absolute Gasteiger partial charge is 0.284 e. The van der Waals surface area contributed by atoms with Crippen LogP contribution in [-0.2, 0) is 4.79 Å². The lowest BCUT2D eigenvalue weighted by molar-refractivity contribution is -0.130. The Hall–Kier alpha value is -3.02. The van der Waals surface area contributed by atoms with E-state index in [0.717, 1.165) is 18.7 Å². The van der Waals surface area contributed by atoms with Crippen molar-refractivity contribution in [2.45, 2.75) is 31.8 Å². The Bertz CT molecular complexity index is 827. The van der Waals surface area contributed by atoms with Crippen LogP contribution >= 0.6 is 0 Å². The molecule has 1 fully saturated rings. The molecule has 0 spiro atoms. The fourth-order valence-corrected chi connectivity index (χ4v) is 3.49. The molecule has 0 saturated carbocycles. The minimum Gasteiger partial charge on any atom is -0.485 e. The highest BCUT2D eigenvalue weighted by atomic mass is 16.6. The molecule has 0 unspecified atom stereocenters. The van der Waals surface area contributed by atoms with E-state index in [2.05, 4.69) is 27.6 Å². The summed E-state index contributed by atoms with van der Waals surface area (Å²) < 4.78 is 11.2. The molecule has 146 valence electrons. The molecular weight excluding hydrogens is 354 g/mol. The van der Waals surface area contributed by atoms with E-state index < -0.39 is 6.10 Å². The van der Waals surface area contributed by atoms with Gasteiger partial charge in [-0.15, -0.1) is 0 Å². The fraction of sp³-hybridized carbons (Fsp3) is 0.364. The lowest BCUT2D eigenvalue weighted by Gasteiger charge is -2.24. The number of nitrogens with one attached hydrogen (secondary N) is 1. The molecule has 1 N–H and O–H groups in total. The molecule has 28 heavy (non-hydrogen) atoms. The fourth-order valence-electron chi connectivity index (χ4n) is 3.49. The van der Waals surface area contributed by atoms with Crippen molar-refractivity contribution in [2.75, 3.05) is 24.6 Å². The standard InChI is InChI=1S/C22H25N3O3/c26-22(21-16-27-19-7-3-4-8-20(19)28-21)24-23-15-17-9-11-18(12-10-17)25-13-5-1-2-6-14-25/h3-4,7-12,15,21H,1-2,5-6,13-14,16H2,(H,24,26)/b23-15-/t21-/m0/s1. The van der Waals surface area contributed by atoms with Gasteiger partial charge in [-0.05, 0) is 42.7 Å². The Kier molecular flexibility index (Phi) is 5.75. The van der Waals surface area contributed by atoms with Crippen molar-refractivity contribution in [1.82, 2.24) is 5.43 Å². The van der Waals surface area contributed by atoms with Crippen molar-refractivity contribution in [3.05, 3.63) is 54.1 Å². The number of hydrogen-bond donors (Lipinski definition) is 1. The summed E-state index contributed by atoms with van der Waals surface area (Å²) >= 11 is 0. The van der Waals surface area contributed by atoms with Gasteiger partial charge in [0.05, 0.1) is 6.21 Å². The second-order valence-electron chi connectivity index (χ2n) is 7.09. The van der Waals surface area contributed by atoms with Crippen LogP contribution in [0.5, 0.6) is 11.5 Å². The number of carbonyl (C=O) groups is 1. The second-order valence-corrected chi connectivity index (χ2v) is 7.09. The van der Waals surface area contributed by atoms with Crippen molar-refractivity contribution in [1.29, 1.82) is 0 Å². The van der Waals surface area contributed by atoms with E-state index >= 15 is 0 Å². The Labute approximate surface area is 165 Å². The van der Waals surface area contributed by atoms with E-state index in [1.807, 2.05) is 30.3 Å². The predicted octanol–water partition coefficient (Wildman–Crippen LogP) is 3.36. The van der Waals surface area contributed by atoms with Gasteiger partial charge in [-0.1, -0.05) is 37.1 Å². The third-order valence-electron chi connectivity index (χ3n) is 5.05. The first kappa shape index (κ1) is 18.3. The SMILES string of the molecule is O=C(N/N=C\c1ccc(N2CCCCCC2)cc1)[C@@H]1COc2ccccc2O1. The van der Waals surface area contributed by atoms with Gasteiger partial charge in [-0.2, -0.15) is 5.10 Å². The lowest BCUT2D eigenvalue weighted by atomic mass is 10.2. The number of benzene rings is 2. The summed E-state index contributed by atoms with van der Waals surface area (Å²) in [5.41, 5.74) is 4.71. The summed E-state index contributed by atoms with van der Waals surface area (Å²) in [4.78, 5) is 14.7. The number of carbonyl (C=O) groups excluding carboxylic acids is 1. The van der Waals surface area contributed by atoms with Crippen molar-refractivity contribution in [3.63, 3.8) is 0 Å². The molecule has 2 aliphatic heterocycles. The summed E-state index contributed by atoms with van der Waals surface area (Å²) in [6.07, 6.45) is 6.09. The minimum absolute atomic E-state index is 0.170. The highest BCUT2D eigenvalue weighted by Gasteiger charge is 2.26. The van der Waals surface area contributed by atoms with Crippen LogP contribution in [0.4, 0.5) is 5.69 Å². The first-order chi connectivity index (χ1) is 13.8. The van der Waals surface area contributed by atoms with Gasteiger partial charge >= 0.3 is 0 Å². The Balaban J connectivity index is 1.30. The molecule has 6 heteroatoms. The van der Waals surface area contributed by atoms with Crippen molar-refractivity contribution < 1.29 is 14.3 Å². The van der Waals surface area contributed by atoms with Crippen LogP contribution in [0.1, 0.15) is 31.2 Å². The van der Waals surface area contributed by atoms with E-state index in [1.165, 1.54) is 31.4 Å². The van der Waals surface area contributed by atoms with Gasteiger partial charge in [-0.3, -0.25) is 4.79 Å². The number of anilines is 1. The molecule has 1 saturated heterocycles. The first-order valence-corrected chi connectivity index (χ1v) is 9.86. The normalized spacial score (nSPS) is 19.3. The van der Waals surface area contributed by atoms with Crippen LogP contribution in [-0.4, -0.2) is 37.9 Å². The van der Waals surface area contributed by atoms with Gasteiger partial charge in [0, 0.05) is 18.8 Å². The van der Waals surface area contributed by atoms with E-state index in [-0.39, 0.29) is 12.5 Å².